The second-order valence-corrected chi connectivity index (χ2v) is 3.26. The van der Waals surface area contributed by atoms with Gasteiger partial charge in [-0.25, -0.2) is 0 Å². The minimum absolute atomic E-state index is 0.0554. The summed E-state index contributed by atoms with van der Waals surface area (Å²) in [4.78, 5) is 0. The quantitative estimate of drug-likeness (QED) is 0.566. The predicted molar refractivity (Wildman–Crippen MR) is 58.0 cm³/mol. The summed E-state index contributed by atoms with van der Waals surface area (Å²) in [7, 11) is 0. The van der Waals surface area contributed by atoms with Crippen molar-refractivity contribution >= 4 is 5.84 Å². The van der Waals surface area contributed by atoms with E-state index in [1.54, 1.807) is 0 Å². The van der Waals surface area contributed by atoms with Crippen LogP contribution >= 0.6 is 0 Å². The van der Waals surface area contributed by atoms with E-state index in [1.165, 1.54) is 0 Å². The number of ether oxygens (including phenoxy) is 1. The van der Waals surface area contributed by atoms with Crippen molar-refractivity contribution in [3.8, 4) is 5.75 Å². The Hall–Kier alpha value is -1.51. The third kappa shape index (κ3) is 2.49. The van der Waals surface area contributed by atoms with E-state index in [1.807, 2.05) is 32.0 Å². The Balaban J connectivity index is 2.96. The summed E-state index contributed by atoms with van der Waals surface area (Å²) in [5.41, 5.74) is 7.22. The number of hydrogen-bond acceptors (Lipinski definition) is 2. The normalized spacial score (nSPS) is 9.86. The fourth-order valence-electron chi connectivity index (χ4n) is 1.19. The molecule has 0 atom stereocenters. The van der Waals surface area contributed by atoms with E-state index in [0.29, 0.717) is 17.9 Å². The van der Waals surface area contributed by atoms with Gasteiger partial charge in [-0.2, -0.15) is 0 Å². The molecule has 0 aliphatic heterocycles. The van der Waals surface area contributed by atoms with Crippen LogP contribution in [0.4, 0.5) is 0 Å². The van der Waals surface area contributed by atoms with E-state index in [9.17, 15) is 0 Å². The van der Waals surface area contributed by atoms with Crippen LogP contribution < -0.4 is 10.5 Å². The number of aryl methyl sites for hydroxylation is 1. The lowest BCUT2D eigenvalue weighted by Crippen LogP contribution is -2.13. The number of amidine groups is 1. The number of nitrogen functional groups attached to an aromatic ring is 1. The van der Waals surface area contributed by atoms with Gasteiger partial charge in [0.2, 0.25) is 0 Å². The van der Waals surface area contributed by atoms with Gasteiger partial charge in [-0.1, -0.05) is 18.6 Å². The average Bonchev–Trinajstić information content (AvgIpc) is 2.15. The summed E-state index contributed by atoms with van der Waals surface area (Å²) in [6.45, 7) is 4.67. The van der Waals surface area contributed by atoms with Gasteiger partial charge < -0.3 is 10.5 Å². The Bertz CT molecular complexity index is 334. The van der Waals surface area contributed by atoms with Crippen molar-refractivity contribution in [3.63, 3.8) is 0 Å². The fourth-order valence-corrected chi connectivity index (χ4v) is 1.19. The monoisotopic (exact) mass is 192 g/mol. The van der Waals surface area contributed by atoms with Crippen molar-refractivity contribution < 1.29 is 4.74 Å². The largest absolute Gasteiger partial charge is 0.493 e. The minimum Gasteiger partial charge on any atom is -0.493 e. The Morgan fingerprint density at radius 3 is 2.79 bits per heavy atom. The lowest BCUT2D eigenvalue weighted by atomic mass is 10.1. The van der Waals surface area contributed by atoms with Crippen molar-refractivity contribution in [1.82, 2.24) is 0 Å². The number of rotatable bonds is 4. The number of hydrogen-bond donors (Lipinski definition) is 2. The maximum Gasteiger partial charge on any atom is 0.130 e. The second-order valence-electron chi connectivity index (χ2n) is 3.26. The molecule has 0 aromatic heterocycles. The van der Waals surface area contributed by atoms with Crippen molar-refractivity contribution in [1.29, 1.82) is 5.41 Å². The fraction of sp³-hybridized carbons (Fsp3) is 0.364. The number of nitrogens with one attached hydrogen (secondary N) is 1. The van der Waals surface area contributed by atoms with Crippen LogP contribution in [0.3, 0.4) is 0 Å². The molecule has 0 aliphatic rings. The molecule has 1 aromatic rings. The highest BCUT2D eigenvalue weighted by Crippen LogP contribution is 2.19. The van der Waals surface area contributed by atoms with Crippen LogP contribution in [0, 0.1) is 12.3 Å². The van der Waals surface area contributed by atoms with Crippen LogP contribution in [0.2, 0.25) is 0 Å². The zero-order valence-electron chi connectivity index (χ0n) is 8.63. The van der Waals surface area contributed by atoms with Crippen molar-refractivity contribution in [3.05, 3.63) is 29.3 Å². The highest BCUT2D eigenvalue weighted by atomic mass is 16.5. The van der Waals surface area contributed by atoms with Gasteiger partial charge in [0.25, 0.3) is 0 Å². The number of nitrogens with two attached hydrogens (primary N) is 1. The first-order valence-corrected chi connectivity index (χ1v) is 4.73. The third-order valence-electron chi connectivity index (χ3n) is 1.89. The smallest absolute Gasteiger partial charge is 0.130 e. The van der Waals surface area contributed by atoms with E-state index >= 15 is 0 Å². The summed E-state index contributed by atoms with van der Waals surface area (Å²) in [6, 6.07) is 5.69. The van der Waals surface area contributed by atoms with Gasteiger partial charge in [0.1, 0.15) is 11.6 Å². The summed E-state index contributed by atoms with van der Waals surface area (Å²) >= 11 is 0. The molecule has 0 heterocycles. The third-order valence-corrected chi connectivity index (χ3v) is 1.89. The second kappa shape index (κ2) is 4.65. The highest BCUT2D eigenvalue weighted by molar-refractivity contribution is 5.97. The van der Waals surface area contributed by atoms with Crippen LogP contribution in [0.15, 0.2) is 18.2 Å². The van der Waals surface area contributed by atoms with Gasteiger partial charge in [0, 0.05) is 0 Å². The standard InChI is InChI=1S/C11H16N2O/c1-3-6-14-10-5-4-8(2)7-9(10)11(12)13/h4-5,7H,3,6H2,1-2H3,(H3,12,13). The zero-order chi connectivity index (χ0) is 10.6. The highest BCUT2D eigenvalue weighted by Gasteiger charge is 2.05. The molecule has 0 fully saturated rings. The molecule has 0 saturated heterocycles. The molecule has 0 unspecified atom stereocenters. The molecule has 0 bridgehead atoms. The molecule has 3 N–H and O–H groups in total. The van der Waals surface area contributed by atoms with Crippen LogP contribution in [0.25, 0.3) is 0 Å². The predicted octanol–water partition coefficient (Wildman–Crippen LogP) is 2.07. The summed E-state index contributed by atoms with van der Waals surface area (Å²) in [5.74, 6) is 0.754. The first-order chi connectivity index (χ1) is 6.65. The van der Waals surface area contributed by atoms with Gasteiger partial charge >= 0.3 is 0 Å². The molecular formula is C11H16N2O. The lowest BCUT2D eigenvalue weighted by Gasteiger charge is -2.10. The Kier molecular flexibility index (Phi) is 3.51. The van der Waals surface area contributed by atoms with Crippen molar-refractivity contribution in [2.24, 2.45) is 5.73 Å². The van der Waals surface area contributed by atoms with Gasteiger partial charge in [-0.15, -0.1) is 0 Å². The van der Waals surface area contributed by atoms with Gasteiger partial charge in [-0.05, 0) is 25.5 Å². The molecule has 3 nitrogen and oxygen atoms in total. The molecule has 1 aromatic carbocycles. The Morgan fingerprint density at radius 1 is 1.50 bits per heavy atom. The molecule has 1 rings (SSSR count). The topological polar surface area (TPSA) is 59.1 Å². The van der Waals surface area contributed by atoms with E-state index < -0.39 is 0 Å². The molecule has 3 heteroatoms. The summed E-state index contributed by atoms with van der Waals surface area (Å²) in [5, 5.41) is 7.41. The lowest BCUT2D eigenvalue weighted by molar-refractivity contribution is 0.317. The molecule has 14 heavy (non-hydrogen) atoms. The molecule has 0 aliphatic carbocycles. The molecule has 0 amide bonds. The van der Waals surface area contributed by atoms with Gasteiger partial charge in [-0.3, -0.25) is 5.41 Å². The zero-order valence-corrected chi connectivity index (χ0v) is 8.63. The molecule has 0 radical (unpaired) electrons. The maximum atomic E-state index is 7.41. The van der Waals surface area contributed by atoms with E-state index in [4.69, 9.17) is 15.9 Å². The SMILES string of the molecule is CCCOc1ccc(C)cc1C(=N)N. The Morgan fingerprint density at radius 2 is 2.21 bits per heavy atom. The molecule has 0 spiro atoms. The minimum atomic E-state index is 0.0554. The molecule has 0 saturated carbocycles. The van der Waals surface area contributed by atoms with E-state index in [2.05, 4.69) is 0 Å². The van der Waals surface area contributed by atoms with E-state index in [0.717, 1.165) is 12.0 Å². The van der Waals surface area contributed by atoms with Crippen LogP contribution in [0.1, 0.15) is 24.5 Å². The van der Waals surface area contributed by atoms with Crippen LogP contribution in [0.5, 0.6) is 5.75 Å². The average molecular weight is 192 g/mol. The Labute approximate surface area is 84.4 Å². The maximum absolute atomic E-state index is 7.41. The van der Waals surface area contributed by atoms with Crippen molar-refractivity contribution in [2.75, 3.05) is 6.61 Å². The van der Waals surface area contributed by atoms with Crippen LogP contribution in [-0.4, -0.2) is 12.4 Å². The van der Waals surface area contributed by atoms with E-state index in [-0.39, 0.29) is 5.84 Å². The first kappa shape index (κ1) is 10.6. The molecular weight excluding hydrogens is 176 g/mol. The summed E-state index contributed by atoms with van der Waals surface area (Å²) in [6.07, 6.45) is 0.950. The summed E-state index contributed by atoms with van der Waals surface area (Å²) < 4.78 is 5.48. The van der Waals surface area contributed by atoms with Gasteiger partial charge in [0.15, 0.2) is 0 Å². The number of benzene rings is 1. The van der Waals surface area contributed by atoms with Crippen LogP contribution in [-0.2, 0) is 0 Å². The van der Waals surface area contributed by atoms with Crippen molar-refractivity contribution in [2.45, 2.75) is 20.3 Å². The molecule has 76 valence electrons. The van der Waals surface area contributed by atoms with Gasteiger partial charge in [0.05, 0.1) is 12.2 Å². The first-order valence-electron chi connectivity index (χ1n) is 4.73.